The predicted molar refractivity (Wildman–Crippen MR) is 67.2 cm³/mol. The number of ketones is 1. The van der Waals surface area contributed by atoms with Crippen LogP contribution in [-0.2, 0) is 0 Å². The van der Waals surface area contributed by atoms with Gasteiger partial charge in [-0.2, -0.15) is 5.26 Å². The fraction of sp³-hybridized carbons (Fsp3) is 0.385. The number of carbonyl (C=O) groups is 1. The largest absolute Gasteiger partial charge is 0.293 e. The van der Waals surface area contributed by atoms with E-state index in [1.807, 2.05) is 26.0 Å². The average Bonchev–Trinajstić information content (AvgIpc) is 2.25. The van der Waals surface area contributed by atoms with Gasteiger partial charge in [0, 0.05) is 10.0 Å². The molecule has 1 unspecified atom stereocenters. The number of Topliss-reactive ketones (excluding diaryl/α,β-unsaturated/α-hetero) is 1. The van der Waals surface area contributed by atoms with E-state index in [1.165, 1.54) is 0 Å². The lowest BCUT2D eigenvalue weighted by Crippen LogP contribution is -2.13. The van der Waals surface area contributed by atoms with Gasteiger partial charge in [0.25, 0.3) is 0 Å². The molecule has 0 aliphatic carbocycles. The number of rotatable bonds is 4. The van der Waals surface area contributed by atoms with Crippen LogP contribution in [0.2, 0.25) is 0 Å². The number of hydrogen-bond donors (Lipinski definition) is 0. The standard InChI is InChI=1S/C13H14BrNO/c1-3-4-10(8-15)13(16)11-6-5-9(2)7-12(11)14/h5-7,10H,3-4H2,1-2H3. The maximum atomic E-state index is 12.0. The van der Waals surface area contributed by atoms with Crippen molar-refractivity contribution in [1.29, 1.82) is 5.26 Å². The first-order valence-electron chi connectivity index (χ1n) is 5.30. The highest BCUT2D eigenvalue weighted by Gasteiger charge is 2.20. The molecule has 84 valence electrons. The Kier molecular flexibility index (Phi) is 4.70. The summed E-state index contributed by atoms with van der Waals surface area (Å²) < 4.78 is 0.772. The lowest BCUT2D eigenvalue weighted by molar-refractivity contribution is 0.0943. The molecule has 0 fully saturated rings. The molecule has 16 heavy (non-hydrogen) atoms. The van der Waals surface area contributed by atoms with Crippen molar-refractivity contribution in [3.63, 3.8) is 0 Å². The molecule has 0 saturated carbocycles. The average molecular weight is 280 g/mol. The van der Waals surface area contributed by atoms with E-state index in [4.69, 9.17) is 5.26 Å². The van der Waals surface area contributed by atoms with Gasteiger partial charge in [0.05, 0.1) is 6.07 Å². The van der Waals surface area contributed by atoms with Gasteiger partial charge in [-0.25, -0.2) is 0 Å². The molecule has 0 bridgehead atoms. The molecule has 2 nitrogen and oxygen atoms in total. The van der Waals surface area contributed by atoms with Gasteiger partial charge < -0.3 is 0 Å². The molecule has 0 amide bonds. The minimum atomic E-state index is -0.524. The van der Waals surface area contributed by atoms with Crippen molar-refractivity contribution in [1.82, 2.24) is 0 Å². The highest BCUT2D eigenvalue weighted by Crippen LogP contribution is 2.23. The third-order valence-corrected chi connectivity index (χ3v) is 3.10. The van der Waals surface area contributed by atoms with Crippen molar-refractivity contribution in [2.75, 3.05) is 0 Å². The Morgan fingerprint density at radius 3 is 2.75 bits per heavy atom. The Morgan fingerprint density at radius 2 is 2.25 bits per heavy atom. The Balaban J connectivity index is 3.00. The van der Waals surface area contributed by atoms with E-state index in [0.29, 0.717) is 12.0 Å². The molecule has 1 aromatic carbocycles. The van der Waals surface area contributed by atoms with Gasteiger partial charge in [-0.05, 0) is 31.0 Å². The van der Waals surface area contributed by atoms with E-state index >= 15 is 0 Å². The third kappa shape index (κ3) is 2.93. The second-order valence-electron chi connectivity index (χ2n) is 3.82. The fourth-order valence-electron chi connectivity index (χ4n) is 1.55. The van der Waals surface area contributed by atoms with Crippen LogP contribution in [0.4, 0.5) is 0 Å². The van der Waals surface area contributed by atoms with Crippen LogP contribution in [0.1, 0.15) is 35.7 Å². The zero-order valence-corrected chi connectivity index (χ0v) is 11.0. The molecular weight excluding hydrogens is 266 g/mol. The molecule has 0 radical (unpaired) electrons. The molecule has 0 heterocycles. The summed E-state index contributed by atoms with van der Waals surface area (Å²) in [6.45, 7) is 3.94. The summed E-state index contributed by atoms with van der Waals surface area (Å²) in [5.41, 5.74) is 1.69. The Bertz CT molecular complexity index is 434. The zero-order valence-electron chi connectivity index (χ0n) is 9.46. The van der Waals surface area contributed by atoms with Crippen molar-refractivity contribution in [3.05, 3.63) is 33.8 Å². The highest BCUT2D eigenvalue weighted by molar-refractivity contribution is 9.10. The topological polar surface area (TPSA) is 40.9 Å². The summed E-state index contributed by atoms with van der Waals surface area (Å²) >= 11 is 3.37. The molecule has 1 aromatic rings. The smallest absolute Gasteiger partial charge is 0.181 e. The van der Waals surface area contributed by atoms with Crippen LogP contribution >= 0.6 is 15.9 Å². The minimum absolute atomic E-state index is 0.0868. The predicted octanol–water partition coefficient (Wildman–Crippen LogP) is 3.88. The number of nitriles is 1. The van der Waals surface area contributed by atoms with E-state index < -0.39 is 5.92 Å². The number of nitrogens with zero attached hydrogens (tertiary/aromatic N) is 1. The van der Waals surface area contributed by atoms with Crippen LogP contribution in [0.25, 0.3) is 0 Å². The van der Waals surface area contributed by atoms with Crippen molar-refractivity contribution < 1.29 is 4.79 Å². The fourth-order valence-corrected chi connectivity index (χ4v) is 2.24. The number of benzene rings is 1. The van der Waals surface area contributed by atoms with Gasteiger partial charge in [0.15, 0.2) is 5.78 Å². The summed E-state index contributed by atoms with van der Waals surface area (Å²) in [4.78, 5) is 12.0. The number of hydrogen-bond acceptors (Lipinski definition) is 2. The van der Waals surface area contributed by atoms with Crippen LogP contribution in [0.3, 0.4) is 0 Å². The second-order valence-corrected chi connectivity index (χ2v) is 4.67. The molecule has 0 aliphatic heterocycles. The first-order chi connectivity index (χ1) is 7.60. The van der Waals surface area contributed by atoms with Crippen LogP contribution in [0.5, 0.6) is 0 Å². The third-order valence-electron chi connectivity index (χ3n) is 2.44. The van der Waals surface area contributed by atoms with Gasteiger partial charge in [-0.3, -0.25) is 4.79 Å². The van der Waals surface area contributed by atoms with Gasteiger partial charge in [0.2, 0.25) is 0 Å². The Morgan fingerprint density at radius 1 is 1.56 bits per heavy atom. The van der Waals surface area contributed by atoms with Gasteiger partial charge >= 0.3 is 0 Å². The first-order valence-corrected chi connectivity index (χ1v) is 6.09. The normalized spacial score (nSPS) is 11.9. The Labute approximate surface area is 104 Å². The second kappa shape index (κ2) is 5.81. The highest BCUT2D eigenvalue weighted by atomic mass is 79.9. The van der Waals surface area contributed by atoms with E-state index in [-0.39, 0.29) is 5.78 Å². The van der Waals surface area contributed by atoms with Crippen LogP contribution < -0.4 is 0 Å². The van der Waals surface area contributed by atoms with Crippen LogP contribution in [0, 0.1) is 24.2 Å². The van der Waals surface area contributed by atoms with Crippen molar-refractivity contribution in [2.24, 2.45) is 5.92 Å². The van der Waals surface area contributed by atoms with Crippen molar-refractivity contribution >= 4 is 21.7 Å². The number of aryl methyl sites for hydroxylation is 1. The molecular formula is C13H14BrNO. The van der Waals surface area contributed by atoms with E-state index in [1.54, 1.807) is 6.07 Å². The van der Waals surface area contributed by atoms with Gasteiger partial charge in [-0.1, -0.05) is 35.3 Å². The summed E-state index contributed by atoms with van der Waals surface area (Å²) in [5, 5.41) is 8.95. The molecule has 0 spiro atoms. The van der Waals surface area contributed by atoms with Crippen molar-refractivity contribution in [3.8, 4) is 6.07 Å². The molecule has 0 saturated heterocycles. The Hall–Kier alpha value is -1.14. The van der Waals surface area contributed by atoms with E-state index in [2.05, 4.69) is 22.0 Å². The lowest BCUT2D eigenvalue weighted by atomic mass is 9.94. The maximum Gasteiger partial charge on any atom is 0.181 e. The molecule has 0 aromatic heterocycles. The van der Waals surface area contributed by atoms with Crippen LogP contribution in [0.15, 0.2) is 22.7 Å². The molecule has 1 rings (SSSR count). The van der Waals surface area contributed by atoms with Crippen LogP contribution in [-0.4, -0.2) is 5.78 Å². The monoisotopic (exact) mass is 279 g/mol. The number of carbonyl (C=O) groups excluding carboxylic acids is 1. The summed E-state index contributed by atoms with van der Waals surface area (Å²) in [5.74, 6) is -0.611. The molecule has 1 atom stereocenters. The summed E-state index contributed by atoms with van der Waals surface area (Å²) in [7, 11) is 0. The number of halogens is 1. The SMILES string of the molecule is CCCC(C#N)C(=O)c1ccc(C)cc1Br. The first kappa shape index (κ1) is 12.9. The van der Waals surface area contributed by atoms with Gasteiger partial charge in [0.1, 0.15) is 5.92 Å². The van der Waals surface area contributed by atoms with Gasteiger partial charge in [-0.15, -0.1) is 0 Å². The van der Waals surface area contributed by atoms with E-state index in [9.17, 15) is 4.79 Å². The molecule has 0 N–H and O–H groups in total. The van der Waals surface area contributed by atoms with E-state index in [0.717, 1.165) is 16.5 Å². The summed E-state index contributed by atoms with van der Waals surface area (Å²) in [6, 6.07) is 7.64. The minimum Gasteiger partial charge on any atom is -0.293 e. The molecule has 3 heteroatoms. The zero-order chi connectivity index (χ0) is 12.1. The molecule has 0 aliphatic rings. The maximum absolute atomic E-state index is 12.0. The summed E-state index contributed by atoms with van der Waals surface area (Å²) in [6.07, 6.45) is 1.46. The quantitative estimate of drug-likeness (QED) is 0.785. The lowest BCUT2D eigenvalue weighted by Gasteiger charge is -2.08. The van der Waals surface area contributed by atoms with Crippen molar-refractivity contribution in [2.45, 2.75) is 26.7 Å².